The SMILES string of the molecule is Cc1ccccc1CSc1nc2sc3c(c2c(=O)[nH]1)CCC(C)C3. The van der Waals surface area contributed by atoms with Gasteiger partial charge in [0, 0.05) is 10.6 Å². The summed E-state index contributed by atoms with van der Waals surface area (Å²) in [6, 6.07) is 8.34. The number of nitrogens with zero attached hydrogens (tertiary/aromatic N) is 1. The molecular formula is C19H20N2OS2. The fourth-order valence-corrected chi connectivity index (χ4v) is 5.69. The maximum Gasteiger partial charge on any atom is 0.260 e. The molecule has 3 nitrogen and oxygen atoms in total. The van der Waals surface area contributed by atoms with Crippen molar-refractivity contribution < 1.29 is 0 Å². The number of thioether (sulfide) groups is 1. The van der Waals surface area contributed by atoms with Crippen LogP contribution in [0.1, 0.15) is 34.9 Å². The van der Waals surface area contributed by atoms with Crippen molar-refractivity contribution in [1.82, 2.24) is 9.97 Å². The highest BCUT2D eigenvalue weighted by Crippen LogP contribution is 2.36. The lowest BCUT2D eigenvalue weighted by atomic mass is 9.89. The second kappa shape index (κ2) is 6.37. The fraction of sp³-hybridized carbons (Fsp3) is 0.368. The number of aromatic amines is 1. The van der Waals surface area contributed by atoms with Crippen LogP contribution < -0.4 is 5.56 Å². The molecule has 1 aliphatic rings. The van der Waals surface area contributed by atoms with Gasteiger partial charge in [0.1, 0.15) is 4.83 Å². The Hall–Kier alpha value is -1.59. The van der Waals surface area contributed by atoms with Gasteiger partial charge in [0.25, 0.3) is 5.56 Å². The summed E-state index contributed by atoms with van der Waals surface area (Å²) >= 11 is 3.32. The van der Waals surface area contributed by atoms with Crippen LogP contribution in [0.25, 0.3) is 10.2 Å². The van der Waals surface area contributed by atoms with E-state index in [0.717, 1.165) is 34.0 Å². The number of hydrogen-bond acceptors (Lipinski definition) is 4. The van der Waals surface area contributed by atoms with Gasteiger partial charge in [-0.25, -0.2) is 4.98 Å². The fourth-order valence-electron chi connectivity index (χ4n) is 3.32. The van der Waals surface area contributed by atoms with E-state index in [2.05, 4.69) is 37.0 Å². The number of aromatic nitrogens is 2. The molecule has 0 spiro atoms. The van der Waals surface area contributed by atoms with Gasteiger partial charge < -0.3 is 4.98 Å². The minimum atomic E-state index is 0.0272. The Kier molecular flexibility index (Phi) is 4.22. The highest BCUT2D eigenvalue weighted by molar-refractivity contribution is 7.98. The summed E-state index contributed by atoms with van der Waals surface area (Å²) in [6.07, 6.45) is 3.26. The third kappa shape index (κ3) is 2.91. The number of fused-ring (bicyclic) bond motifs is 3. The zero-order valence-electron chi connectivity index (χ0n) is 13.9. The third-order valence-corrected chi connectivity index (χ3v) is 6.84. The van der Waals surface area contributed by atoms with Gasteiger partial charge in [-0.3, -0.25) is 4.79 Å². The van der Waals surface area contributed by atoms with Crippen molar-refractivity contribution in [1.29, 1.82) is 0 Å². The molecule has 0 saturated heterocycles. The Labute approximate surface area is 149 Å². The smallest absolute Gasteiger partial charge is 0.260 e. The van der Waals surface area contributed by atoms with Crippen molar-refractivity contribution in [3.8, 4) is 0 Å². The van der Waals surface area contributed by atoms with Crippen LogP contribution in [0.5, 0.6) is 0 Å². The summed E-state index contributed by atoms with van der Waals surface area (Å²) in [5, 5.41) is 1.56. The summed E-state index contributed by atoms with van der Waals surface area (Å²) in [5.74, 6) is 1.53. The molecule has 0 amide bonds. The number of rotatable bonds is 3. The van der Waals surface area contributed by atoms with E-state index in [1.54, 1.807) is 23.1 Å². The van der Waals surface area contributed by atoms with Gasteiger partial charge in [-0.05, 0) is 48.8 Å². The summed E-state index contributed by atoms with van der Waals surface area (Å²) in [5.41, 5.74) is 3.83. The first-order chi connectivity index (χ1) is 11.6. The first-order valence-electron chi connectivity index (χ1n) is 8.33. The first-order valence-corrected chi connectivity index (χ1v) is 10.1. The lowest BCUT2D eigenvalue weighted by molar-refractivity contribution is 0.509. The van der Waals surface area contributed by atoms with Gasteiger partial charge in [0.2, 0.25) is 0 Å². The molecule has 1 atom stereocenters. The molecule has 1 unspecified atom stereocenters. The van der Waals surface area contributed by atoms with Crippen molar-refractivity contribution >= 4 is 33.3 Å². The van der Waals surface area contributed by atoms with Crippen LogP contribution >= 0.6 is 23.1 Å². The minimum absolute atomic E-state index is 0.0272. The van der Waals surface area contributed by atoms with Crippen LogP contribution in [-0.2, 0) is 18.6 Å². The molecule has 2 aromatic heterocycles. The molecule has 1 N–H and O–H groups in total. The Morgan fingerprint density at radius 2 is 2.21 bits per heavy atom. The number of nitrogens with one attached hydrogen (secondary N) is 1. The quantitative estimate of drug-likeness (QED) is 0.546. The number of aryl methyl sites for hydroxylation is 2. The van der Waals surface area contributed by atoms with E-state index in [-0.39, 0.29) is 5.56 Å². The average molecular weight is 357 g/mol. The first kappa shape index (κ1) is 15.9. The van der Waals surface area contributed by atoms with Crippen LogP contribution in [0.2, 0.25) is 0 Å². The minimum Gasteiger partial charge on any atom is -0.301 e. The topological polar surface area (TPSA) is 45.8 Å². The van der Waals surface area contributed by atoms with Crippen LogP contribution in [0.4, 0.5) is 0 Å². The molecule has 0 fully saturated rings. The summed E-state index contributed by atoms with van der Waals surface area (Å²) < 4.78 is 0. The summed E-state index contributed by atoms with van der Waals surface area (Å²) in [4.78, 5) is 22.6. The van der Waals surface area contributed by atoms with Crippen LogP contribution in [0.3, 0.4) is 0 Å². The Bertz CT molecular complexity index is 958. The predicted octanol–water partition coefficient (Wildman–Crippen LogP) is 4.71. The van der Waals surface area contributed by atoms with Gasteiger partial charge in [-0.15, -0.1) is 11.3 Å². The lowest BCUT2D eigenvalue weighted by Crippen LogP contribution is -2.13. The standard InChI is InChI=1S/C19H20N2OS2/c1-11-7-8-14-15(9-11)24-18-16(14)17(22)20-19(21-18)23-10-13-6-4-3-5-12(13)2/h3-6,11H,7-10H2,1-2H3,(H,20,21,22). The van der Waals surface area contributed by atoms with Gasteiger partial charge in [-0.1, -0.05) is 43.0 Å². The zero-order chi connectivity index (χ0) is 16.7. The van der Waals surface area contributed by atoms with Crippen molar-refractivity contribution in [2.75, 3.05) is 0 Å². The number of hydrogen-bond donors (Lipinski definition) is 1. The second-order valence-corrected chi connectivity index (χ2v) is 8.67. The molecule has 124 valence electrons. The molecule has 5 heteroatoms. The zero-order valence-corrected chi connectivity index (χ0v) is 15.5. The maximum atomic E-state index is 12.6. The van der Waals surface area contributed by atoms with Crippen molar-refractivity contribution in [2.45, 2.75) is 44.0 Å². The molecule has 0 saturated carbocycles. The molecule has 1 aromatic carbocycles. The summed E-state index contributed by atoms with van der Waals surface area (Å²) in [7, 11) is 0. The molecule has 0 bridgehead atoms. The van der Waals surface area contributed by atoms with E-state index in [1.165, 1.54) is 28.0 Å². The predicted molar refractivity (Wildman–Crippen MR) is 102 cm³/mol. The molecule has 24 heavy (non-hydrogen) atoms. The van der Waals surface area contributed by atoms with E-state index in [0.29, 0.717) is 5.92 Å². The highest BCUT2D eigenvalue weighted by Gasteiger charge is 2.23. The van der Waals surface area contributed by atoms with E-state index in [1.807, 2.05) is 6.07 Å². The highest BCUT2D eigenvalue weighted by atomic mass is 32.2. The summed E-state index contributed by atoms with van der Waals surface area (Å²) in [6.45, 7) is 4.40. The van der Waals surface area contributed by atoms with Crippen molar-refractivity contribution in [3.05, 3.63) is 56.2 Å². The maximum absolute atomic E-state index is 12.6. The number of benzene rings is 1. The monoisotopic (exact) mass is 356 g/mol. The molecule has 3 aromatic rings. The molecule has 4 rings (SSSR count). The van der Waals surface area contributed by atoms with Crippen LogP contribution in [0.15, 0.2) is 34.2 Å². The number of H-pyrrole nitrogens is 1. The molecule has 2 heterocycles. The van der Waals surface area contributed by atoms with Crippen LogP contribution in [-0.4, -0.2) is 9.97 Å². The lowest BCUT2D eigenvalue weighted by Gasteiger charge is -2.17. The van der Waals surface area contributed by atoms with Crippen molar-refractivity contribution in [2.24, 2.45) is 5.92 Å². The van der Waals surface area contributed by atoms with E-state index < -0.39 is 0 Å². The Morgan fingerprint density at radius 1 is 1.38 bits per heavy atom. The molecular weight excluding hydrogens is 336 g/mol. The van der Waals surface area contributed by atoms with E-state index in [4.69, 9.17) is 4.98 Å². The average Bonchev–Trinajstić information content (AvgIpc) is 2.91. The van der Waals surface area contributed by atoms with Crippen LogP contribution in [0, 0.1) is 12.8 Å². The second-order valence-electron chi connectivity index (χ2n) is 6.62. The van der Waals surface area contributed by atoms with Crippen molar-refractivity contribution in [3.63, 3.8) is 0 Å². The van der Waals surface area contributed by atoms with E-state index >= 15 is 0 Å². The Morgan fingerprint density at radius 3 is 3.04 bits per heavy atom. The number of thiophene rings is 1. The molecule has 1 aliphatic carbocycles. The van der Waals surface area contributed by atoms with Gasteiger partial charge in [-0.2, -0.15) is 0 Å². The molecule has 0 aliphatic heterocycles. The normalized spacial score (nSPS) is 17.2. The molecule has 0 radical (unpaired) electrons. The Balaban J connectivity index is 1.66. The third-order valence-electron chi connectivity index (χ3n) is 4.77. The van der Waals surface area contributed by atoms with Gasteiger partial charge in [0.05, 0.1) is 5.39 Å². The van der Waals surface area contributed by atoms with Gasteiger partial charge in [0.15, 0.2) is 5.16 Å². The largest absolute Gasteiger partial charge is 0.301 e. The van der Waals surface area contributed by atoms with Gasteiger partial charge >= 0.3 is 0 Å². The van der Waals surface area contributed by atoms with E-state index in [9.17, 15) is 4.79 Å².